The van der Waals surface area contributed by atoms with Crippen LogP contribution in [0.15, 0.2) is 121 Å². The van der Waals surface area contributed by atoms with E-state index in [9.17, 15) is 5.26 Å². The number of pyridine rings is 1. The minimum atomic E-state index is 0.555. The van der Waals surface area contributed by atoms with Crippen molar-refractivity contribution in [3.8, 4) is 17.3 Å². The predicted octanol–water partition coefficient (Wildman–Crippen LogP) is 7.87. The summed E-state index contributed by atoms with van der Waals surface area (Å²) in [5.41, 5.74) is 8.53. The van der Waals surface area contributed by atoms with Gasteiger partial charge >= 0.3 is 0 Å². The molecule has 0 unspecified atom stereocenters. The Bertz CT molecular complexity index is 1490. The van der Waals surface area contributed by atoms with Crippen molar-refractivity contribution in [3.63, 3.8) is 0 Å². The molecule has 0 fully saturated rings. The quantitative estimate of drug-likeness (QED) is 0.283. The van der Waals surface area contributed by atoms with Crippen LogP contribution in [-0.4, -0.2) is 4.98 Å². The van der Waals surface area contributed by atoms with E-state index in [4.69, 9.17) is 0 Å². The molecule has 6 rings (SSSR count). The molecular formula is C30H20N4. The third kappa shape index (κ3) is 3.11. The molecule has 2 heterocycles. The fraction of sp³-hybridized carbons (Fsp3) is 0. The Labute approximate surface area is 198 Å². The van der Waals surface area contributed by atoms with Gasteiger partial charge in [0.25, 0.3) is 0 Å². The van der Waals surface area contributed by atoms with Gasteiger partial charge in [-0.05, 0) is 54.6 Å². The zero-order chi connectivity index (χ0) is 22.9. The third-order valence-electron chi connectivity index (χ3n) is 6.07. The van der Waals surface area contributed by atoms with Crippen LogP contribution in [0.5, 0.6) is 0 Å². The molecule has 0 amide bonds. The molecule has 1 aliphatic rings. The van der Waals surface area contributed by atoms with E-state index in [1.54, 1.807) is 12.3 Å². The Kier molecular flexibility index (Phi) is 4.79. The molecule has 5 aromatic rings. The van der Waals surface area contributed by atoms with Gasteiger partial charge in [0.05, 0.1) is 39.7 Å². The average Bonchev–Trinajstić information content (AvgIpc) is 2.92. The maximum atomic E-state index is 9.75. The summed E-state index contributed by atoms with van der Waals surface area (Å²) < 4.78 is 0. The molecule has 1 aromatic heterocycles. The van der Waals surface area contributed by atoms with E-state index in [0.29, 0.717) is 11.3 Å². The first kappa shape index (κ1) is 19.8. The smallest absolute Gasteiger partial charge is 0.101 e. The number of nitrogens with zero attached hydrogens (tertiary/aromatic N) is 4. The lowest BCUT2D eigenvalue weighted by Crippen LogP contribution is -2.24. The Morgan fingerprint density at radius 1 is 0.529 bits per heavy atom. The van der Waals surface area contributed by atoms with Crippen molar-refractivity contribution in [2.45, 2.75) is 0 Å². The second-order valence-electron chi connectivity index (χ2n) is 8.01. The highest BCUT2D eigenvalue weighted by atomic mass is 15.3. The lowest BCUT2D eigenvalue weighted by molar-refractivity contribution is 1.17. The van der Waals surface area contributed by atoms with E-state index >= 15 is 0 Å². The monoisotopic (exact) mass is 436 g/mol. The summed E-state index contributed by atoms with van der Waals surface area (Å²) in [6.45, 7) is 0. The summed E-state index contributed by atoms with van der Waals surface area (Å²) in [6.07, 6.45) is 1.74. The number of nitriles is 1. The molecule has 0 saturated heterocycles. The number of hydrogen-bond donors (Lipinski definition) is 0. The molecule has 4 aromatic carbocycles. The van der Waals surface area contributed by atoms with Crippen molar-refractivity contribution >= 4 is 34.1 Å². The Morgan fingerprint density at radius 2 is 1.06 bits per heavy atom. The number of rotatable bonds is 3. The zero-order valence-electron chi connectivity index (χ0n) is 18.3. The Balaban J connectivity index is 1.63. The van der Waals surface area contributed by atoms with E-state index in [1.165, 1.54) is 0 Å². The highest BCUT2D eigenvalue weighted by molar-refractivity contribution is 6.03. The van der Waals surface area contributed by atoms with Gasteiger partial charge in [-0.25, -0.2) is 0 Å². The molecule has 4 heteroatoms. The molecule has 1 aliphatic heterocycles. The molecule has 0 saturated carbocycles. The van der Waals surface area contributed by atoms with Crippen LogP contribution >= 0.6 is 0 Å². The van der Waals surface area contributed by atoms with Gasteiger partial charge in [-0.3, -0.25) is 4.98 Å². The summed E-state index contributed by atoms with van der Waals surface area (Å²) in [5.74, 6) is 0. The van der Waals surface area contributed by atoms with Crippen LogP contribution in [0, 0.1) is 11.3 Å². The average molecular weight is 437 g/mol. The van der Waals surface area contributed by atoms with E-state index in [-0.39, 0.29) is 0 Å². The molecule has 0 N–H and O–H groups in total. The third-order valence-corrected chi connectivity index (χ3v) is 6.07. The molecule has 34 heavy (non-hydrogen) atoms. The molecular weight excluding hydrogens is 416 g/mol. The van der Waals surface area contributed by atoms with Crippen molar-refractivity contribution in [2.24, 2.45) is 0 Å². The minimum Gasteiger partial charge on any atom is -0.306 e. The summed E-state index contributed by atoms with van der Waals surface area (Å²) in [4.78, 5) is 9.16. The number of anilines is 6. The van der Waals surface area contributed by atoms with Crippen molar-refractivity contribution in [3.05, 3.63) is 127 Å². The van der Waals surface area contributed by atoms with Crippen LogP contribution in [0.3, 0.4) is 0 Å². The Morgan fingerprint density at radius 3 is 1.68 bits per heavy atom. The molecule has 0 spiro atoms. The van der Waals surface area contributed by atoms with Crippen molar-refractivity contribution < 1.29 is 0 Å². The van der Waals surface area contributed by atoms with Gasteiger partial charge in [-0.1, -0.05) is 60.7 Å². The summed E-state index contributed by atoms with van der Waals surface area (Å²) in [6, 6.07) is 41.3. The number of benzene rings is 4. The fourth-order valence-corrected chi connectivity index (χ4v) is 4.64. The van der Waals surface area contributed by atoms with Gasteiger partial charge in [0, 0.05) is 17.4 Å². The zero-order valence-corrected chi connectivity index (χ0v) is 18.3. The molecule has 0 aliphatic carbocycles. The predicted molar refractivity (Wildman–Crippen MR) is 137 cm³/mol. The first-order valence-electron chi connectivity index (χ1n) is 11.1. The second kappa shape index (κ2) is 8.23. The second-order valence-corrected chi connectivity index (χ2v) is 8.01. The summed E-state index contributed by atoms with van der Waals surface area (Å²) in [5, 5.41) is 9.75. The molecule has 0 atom stereocenters. The van der Waals surface area contributed by atoms with E-state index in [0.717, 1.165) is 39.7 Å². The van der Waals surface area contributed by atoms with E-state index in [1.807, 2.05) is 30.3 Å². The van der Waals surface area contributed by atoms with Crippen molar-refractivity contribution in [2.75, 3.05) is 9.80 Å². The van der Waals surface area contributed by atoms with Gasteiger partial charge in [0.15, 0.2) is 0 Å². The van der Waals surface area contributed by atoms with Crippen molar-refractivity contribution in [1.82, 2.24) is 4.98 Å². The SMILES string of the molecule is N#Cc1cccnc1-c1ccccc1N1c2ccccc2N(c2ccccc2)c2ccccc21. The van der Waals surface area contributed by atoms with Gasteiger partial charge in [-0.2, -0.15) is 5.26 Å². The summed E-state index contributed by atoms with van der Waals surface area (Å²) in [7, 11) is 0. The van der Waals surface area contributed by atoms with Crippen LogP contribution < -0.4 is 9.80 Å². The largest absolute Gasteiger partial charge is 0.306 e. The number of hydrogen-bond acceptors (Lipinski definition) is 4. The standard InChI is InChI=1S/C30H20N4/c31-21-22-11-10-20-32-30(22)24-14-4-5-15-25(24)34-28-18-8-6-16-26(28)33(23-12-2-1-3-13-23)27-17-7-9-19-29(27)34/h1-20H. The van der Waals surface area contributed by atoms with E-state index < -0.39 is 0 Å². The minimum absolute atomic E-state index is 0.555. The van der Waals surface area contributed by atoms with Gasteiger partial charge in [-0.15, -0.1) is 0 Å². The van der Waals surface area contributed by atoms with Crippen LogP contribution in [0.1, 0.15) is 5.56 Å². The van der Waals surface area contributed by atoms with E-state index in [2.05, 4.69) is 99.7 Å². The summed E-state index contributed by atoms with van der Waals surface area (Å²) >= 11 is 0. The van der Waals surface area contributed by atoms with Crippen molar-refractivity contribution in [1.29, 1.82) is 5.26 Å². The normalized spacial score (nSPS) is 12.0. The topological polar surface area (TPSA) is 43.2 Å². The van der Waals surface area contributed by atoms with Crippen LogP contribution in [0.4, 0.5) is 34.1 Å². The molecule has 0 radical (unpaired) electrons. The Hall–Kier alpha value is -4.88. The molecule has 160 valence electrons. The fourth-order valence-electron chi connectivity index (χ4n) is 4.64. The first-order valence-corrected chi connectivity index (χ1v) is 11.1. The van der Waals surface area contributed by atoms with Crippen LogP contribution in [0.25, 0.3) is 11.3 Å². The first-order chi connectivity index (χ1) is 16.9. The van der Waals surface area contributed by atoms with Crippen LogP contribution in [-0.2, 0) is 0 Å². The number of aromatic nitrogens is 1. The highest BCUT2D eigenvalue weighted by Crippen LogP contribution is 2.55. The lowest BCUT2D eigenvalue weighted by atomic mass is 10.00. The maximum absolute atomic E-state index is 9.75. The maximum Gasteiger partial charge on any atom is 0.101 e. The molecule has 4 nitrogen and oxygen atoms in total. The van der Waals surface area contributed by atoms with Gasteiger partial charge in [0.2, 0.25) is 0 Å². The van der Waals surface area contributed by atoms with Gasteiger partial charge in [0.1, 0.15) is 6.07 Å². The number of para-hydroxylation sites is 6. The number of fused-ring (bicyclic) bond motifs is 2. The lowest BCUT2D eigenvalue weighted by Gasteiger charge is -2.40. The highest BCUT2D eigenvalue weighted by Gasteiger charge is 2.31. The van der Waals surface area contributed by atoms with Gasteiger partial charge < -0.3 is 9.80 Å². The van der Waals surface area contributed by atoms with Crippen LogP contribution in [0.2, 0.25) is 0 Å². The molecule has 0 bridgehead atoms.